The molecule has 0 bridgehead atoms. The molecule has 0 unspecified atom stereocenters. The molecule has 33 heavy (non-hydrogen) atoms. The Balaban J connectivity index is 1.63. The molecule has 0 saturated carbocycles. The number of hydrogen-bond donors (Lipinski definition) is 1. The number of thiocarbonyl (C=S) groups is 1. The van der Waals surface area contributed by atoms with Gasteiger partial charge in [0.15, 0.2) is 5.11 Å². The zero-order chi connectivity index (χ0) is 22.8. The lowest BCUT2D eigenvalue weighted by Gasteiger charge is -2.29. The Bertz CT molecular complexity index is 1250. The Morgan fingerprint density at radius 2 is 1.82 bits per heavy atom. The van der Waals surface area contributed by atoms with Crippen LogP contribution in [0.4, 0.5) is 5.69 Å². The molecule has 166 valence electrons. The van der Waals surface area contributed by atoms with E-state index in [-0.39, 0.29) is 12.1 Å². The fourth-order valence-electron chi connectivity index (χ4n) is 4.45. The number of anilines is 1. The number of aromatic nitrogens is 2. The first-order valence-corrected chi connectivity index (χ1v) is 11.5. The molecule has 2 aromatic carbocycles. The molecule has 0 spiro atoms. The van der Waals surface area contributed by atoms with Crippen LogP contribution in [0.25, 0.3) is 5.69 Å². The van der Waals surface area contributed by atoms with Gasteiger partial charge in [-0.3, -0.25) is 4.98 Å². The number of ether oxygens (including phenoxy) is 1. The monoisotopic (exact) mass is 454 g/mol. The van der Waals surface area contributed by atoms with Crippen LogP contribution in [0.5, 0.6) is 5.75 Å². The maximum Gasteiger partial charge on any atom is 0.174 e. The van der Waals surface area contributed by atoms with E-state index < -0.39 is 0 Å². The standard InChI is InChI=1S/C27H26N4OS/c1-3-32-22-14-12-20(13-15-22)31-26(25(29-27(31)33)23-10-4-5-16-28-23)24-11-7-17-30(24)21-9-6-8-19(2)18-21/h4-18,25-26H,3H2,1-2H3,(H,29,33)/t25-,26+/m0/s1. The number of nitrogens with one attached hydrogen (secondary N) is 1. The highest BCUT2D eigenvalue weighted by Crippen LogP contribution is 2.42. The van der Waals surface area contributed by atoms with Gasteiger partial charge in [-0.15, -0.1) is 0 Å². The van der Waals surface area contributed by atoms with Gasteiger partial charge >= 0.3 is 0 Å². The average molecular weight is 455 g/mol. The largest absolute Gasteiger partial charge is 0.494 e. The van der Waals surface area contributed by atoms with Gasteiger partial charge in [-0.05, 0) is 92.3 Å². The summed E-state index contributed by atoms with van der Waals surface area (Å²) in [5.74, 6) is 0.847. The topological polar surface area (TPSA) is 42.3 Å². The summed E-state index contributed by atoms with van der Waals surface area (Å²) in [5.41, 5.74) is 5.44. The Morgan fingerprint density at radius 3 is 2.55 bits per heavy atom. The molecule has 2 aromatic heterocycles. The molecule has 1 aliphatic rings. The minimum Gasteiger partial charge on any atom is -0.494 e. The van der Waals surface area contributed by atoms with Crippen molar-refractivity contribution in [2.75, 3.05) is 11.5 Å². The summed E-state index contributed by atoms with van der Waals surface area (Å²) in [6.07, 6.45) is 3.94. The second-order valence-corrected chi connectivity index (χ2v) is 8.45. The zero-order valence-corrected chi connectivity index (χ0v) is 19.5. The van der Waals surface area contributed by atoms with Crippen LogP contribution in [0.2, 0.25) is 0 Å². The number of hydrogen-bond acceptors (Lipinski definition) is 3. The van der Waals surface area contributed by atoms with Crippen LogP contribution in [-0.4, -0.2) is 21.3 Å². The zero-order valence-electron chi connectivity index (χ0n) is 18.7. The highest BCUT2D eigenvalue weighted by atomic mass is 32.1. The van der Waals surface area contributed by atoms with Crippen molar-refractivity contribution < 1.29 is 4.74 Å². The molecule has 2 atom stereocenters. The van der Waals surface area contributed by atoms with Crippen LogP contribution in [0, 0.1) is 6.92 Å². The van der Waals surface area contributed by atoms with Gasteiger partial charge in [0, 0.05) is 29.5 Å². The lowest BCUT2D eigenvalue weighted by atomic mass is 10.0. The van der Waals surface area contributed by atoms with Crippen molar-refractivity contribution in [3.8, 4) is 11.4 Å². The molecule has 1 aliphatic heterocycles. The molecular weight excluding hydrogens is 428 g/mol. The van der Waals surface area contributed by atoms with Gasteiger partial charge in [0.05, 0.1) is 18.3 Å². The van der Waals surface area contributed by atoms with Gasteiger partial charge in [0.25, 0.3) is 0 Å². The smallest absolute Gasteiger partial charge is 0.174 e. The highest BCUT2D eigenvalue weighted by Gasteiger charge is 2.42. The van der Waals surface area contributed by atoms with Gasteiger partial charge in [-0.2, -0.15) is 0 Å². The molecule has 0 aliphatic carbocycles. The van der Waals surface area contributed by atoms with E-state index in [9.17, 15) is 0 Å². The maximum absolute atomic E-state index is 5.86. The highest BCUT2D eigenvalue weighted by molar-refractivity contribution is 7.80. The van der Waals surface area contributed by atoms with Crippen molar-refractivity contribution >= 4 is 23.0 Å². The van der Waals surface area contributed by atoms with Crippen LogP contribution < -0.4 is 15.0 Å². The summed E-state index contributed by atoms with van der Waals surface area (Å²) >= 11 is 5.86. The predicted octanol–water partition coefficient (Wildman–Crippen LogP) is 5.76. The lowest BCUT2D eigenvalue weighted by molar-refractivity contribution is 0.340. The van der Waals surface area contributed by atoms with Crippen molar-refractivity contribution in [2.24, 2.45) is 0 Å². The third-order valence-corrected chi connectivity index (χ3v) is 6.20. The van der Waals surface area contributed by atoms with Crippen molar-refractivity contribution in [3.63, 3.8) is 0 Å². The van der Waals surface area contributed by atoms with Gasteiger partial charge in [-0.1, -0.05) is 18.2 Å². The van der Waals surface area contributed by atoms with E-state index in [0.29, 0.717) is 11.7 Å². The fraction of sp³-hybridized carbons (Fsp3) is 0.185. The van der Waals surface area contributed by atoms with Gasteiger partial charge in [0.2, 0.25) is 0 Å². The quantitative estimate of drug-likeness (QED) is 0.376. The predicted molar refractivity (Wildman–Crippen MR) is 136 cm³/mol. The molecule has 1 saturated heterocycles. The molecule has 6 heteroatoms. The number of aryl methyl sites for hydroxylation is 1. The Hall–Kier alpha value is -3.64. The Morgan fingerprint density at radius 1 is 0.970 bits per heavy atom. The number of rotatable bonds is 6. The first kappa shape index (κ1) is 21.2. The average Bonchev–Trinajstić information content (AvgIpc) is 3.45. The van der Waals surface area contributed by atoms with E-state index in [2.05, 4.69) is 87.5 Å². The second kappa shape index (κ2) is 9.08. The summed E-state index contributed by atoms with van der Waals surface area (Å²) in [5, 5.41) is 4.21. The molecule has 1 fully saturated rings. The first-order chi connectivity index (χ1) is 16.2. The second-order valence-electron chi connectivity index (χ2n) is 8.07. The van der Waals surface area contributed by atoms with Crippen LogP contribution in [-0.2, 0) is 0 Å². The Kier molecular flexibility index (Phi) is 5.84. The lowest BCUT2D eigenvalue weighted by Crippen LogP contribution is -2.30. The SMILES string of the molecule is CCOc1ccc(N2C(=S)N[C@@H](c3ccccn3)[C@H]2c2cccn2-c2cccc(C)c2)cc1. The van der Waals surface area contributed by atoms with Crippen molar-refractivity contribution in [1.29, 1.82) is 0 Å². The normalized spacial score (nSPS) is 17.8. The van der Waals surface area contributed by atoms with E-state index in [1.165, 1.54) is 5.56 Å². The number of benzene rings is 2. The number of nitrogens with zero attached hydrogens (tertiary/aromatic N) is 3. The van der Waals surface area contributed by atoms with Crippen LogP contribution in [0.3, 0.4) is 0 Å². The minimum atomic E-state index is -0.0938. The molecule has 3 heterocycles. The molecule has 5 nitrogen and oxygen atoms in total. The number of pyridine rings is 1. The van der Waals surface area contributed by atoms with Crippen LogP contribution in [0.1, 0.15) is 36.0 Å². The van der Waals surface area contributed by atoms with Crippen LogP contribution in [0.15, 0.2) is 91.3 Å². The summed E-state index contributed by atoms with van der Waals surface area (Å²) in [7, 11) is 0. The van der Waals surface area contributed by atoms with Gasteiger partial charge in [-0.25, -0.2) is 0 Å². The molecule has 1 N–H and O–H groups in total. The summed E-state index contributed by atoms with van der Waals surface area (Å²) in [6, 6.07) is 26.7. The van der Waals surface area contributed by atoms with E-state index in [1.54, 1.807) is 0 Å². The maximum atomic E-state index is 5.86. The molecule has 0 radical (unpaired) electrons. The third-order valence-electron chi connectivity index (χ3n) is 5.89. The van der Waals surface area contributed by atoms with E-state index in [4.69, 9.17) is 17.0 Å². The van der Waals surface area contributed by atoms with E-state index >= 15 is 0 Å². The molecule has 0 amide bonds. The minimum absolute atomic E-state index is 0.0825. The Labute approximate surface area is 199 Å². The van der Waals surface area contributed by atoms with Crippen molar-refractivity contribution in [2.45, 2.75) is 25.9 Å². The summed E-state index contributed by atoms with van der Waals surface area (Å²) in [6.45, 7) is 4.74. The van der Waals surface area contributed by atoms with E-state index in [1.807, 2.05) is 37.4 Å². The van der Waals surface area contributed by atoms with Crippen LogP contribution >= 0.6 is 12.2 Å². The summed E-state index contributed by atoms with van der Waals surface area (Å²) < 4.78 is 7.89. The van der Waals surface area contributed by atoms with Gasteiger partial charge < -0.3 is 19.5 Å². The van der Waals surface area contributed by atoms with Gasteiger partial charge in [0.1, 0.15) is 11.8 Å². The van der Waals surface area contributed by atoms with E-state index in [0.717, 1.165) is 28.5 Å². The third kappa shape index (κ3) is 4.10. The van der Waals surface area contributed by atoms with Crippen molar-refractivity contribution in [3.05, 3.63) is 108 Å². The fourth-order valence-corrected chi connectivity index (χ4v) is 4.80. The molecular formula is C27H26N4OS. The first-order valence-electron chi connectivity index (χ1n) is 11.1. The molecule has 4 aromatic rings. The summed E-state index contributed by atoms with van der Waals surface area (Å²) in [4.78, 5) is 6.85. The van der Waals surface area contributed by atoms with Crippen molar-refractivity contribution in [1.82, 2.24) is 14.9 Å². The molecule has 5 rings (SSSR count).